The maximum Gasteiger partial charge on any atom is 0.243 e. The second-order valence-corrected chi connectivity index (χ2v) is 5.71. The van der Waals surface area contributed by atoms with Crippen molar-refractivity contribution in [3.8, 4) is 0 Å². The van der Waals surface area contributed by atoms with Crippen LogP contribution in [0.2, 0.25) is 0 Å². The van der Waals surface area contributed by atoms with Gasteiger partial charge in [-0.2, -0.15) is 0 Å². The van der Waals surface area contributed by atoms with Crippen LogP contribution in [0.5, 0.6) is 0 Å². The molecule has 0 aromatic heterocycles. The van der Waals surface area contributed by atoms with E-state index in [-0.39, 0.29) is 12.3 Å². The van der Waals surface area contributed by atoms with Gasteiger partial charge in [-0.05, 0) is 12.5 Å². The lowest BCUT2D eigenvalue weighted by molar-refractivity contribution is -0.138. The van der Waals surface area contributed by atoms with Gasteiger partial charge in [-0.3, -0.25) is 19.2 Å². The quantitative estimate of drug-likeness (QED) is 0.510. The lowest BCUT2D eigenvalue weighted by atomic mass is 10.0. The summed E-state index contributed by atoms with van der Waals surface area (Å²) in [5.74, 6) is -2.00. The van der Waals surface area contributed by atoms with Crippen molar-refractivity contribution in [1.82, 2.24) is 16.0 Å². The van der Waals surface area contributed by atoms with E-state index in [0.717, 1.165) is 5.56 Å². The molecule has 0 unspecified atom stereocenters. The molecular weight excluding hydrogens is 312 g/mol. The number of carbonyl (C=O) groups excluding carboxylic acids is 4. The summed E-state index contributed by atoms with van der Waals surface area (Å²) in [6, 6.07) is 6.81. The maximum absolute atomic E-state index is 12.1. The van der Waals surface area contributed by atoms with Crippen LogP contribution in [-0.4, -0.2) is 41.8 Å². The number of benzene rings is 1. The van der Waals surface area contributed by atoms with Crippen LogP contribution in [0, 0.1) is 0 Å². The first kappa shape index (κ1) is 17.5. The minimum absolute atomic E-state index is 0.257. The number of rotatable bonds is 6. The first-order valence-corrected chi connectivity index (χ1v) is 7.60. The third-order valence-electron chi connectivity index (χ3n) is 3.74. The molecule has 4 amide bonds. The monoisotopic (exact) mass is 332 g/mol. The van der Waals surface area contributed by atoms with Crippen molar-refractivity contribution in [2.45, 2.75) is 37.9 Å². The number of amides is 4. The van der Waals surface area contributed by atoms with Crippen molar-refractivity contribution < 1.29 is 19.2 Å². The predicted octanol–water partition coefficient (Wildman–Crippen LogP) is -1.41. The average molecular weight is 332 g/mol. The third kappa shape index (κ3) is 4.55. The predicted molar refractivity (Wildman–Crippen MR) is 85.4 cm³/mol. The van der Waals surface area contributed by atoms with Gasteiger partial charge < -0.3 is 21.7 Å². The molecule has 1 saturated heterocycles. The van der Waals surface area contributed by atoms with E-state index in [2.05, 4.69) is 16.0 Å². The Bertz CT molecular complexity index is 647. The molecule has 3 atom stereocenters. The van der Waals surface area contributed by atoms with Gasteiger partial charge in [0.25, 0.3) is 0 Å². The van der Waals surface area contributed by atoms with Crippen molar-refractivity contribution in [1.29, 1.82) is 0 Å². The van der Waals surface area contributed by atoms with Crippen LogP contribution in [0.1, 0.15) is 18.9 Å². The van der Waals surface area contributed by atoms with Crippen LogP contribution < -0.4 is 21.7 Å². The van der Waals surface area contributed by atoms with Gasteiger partial charge in [0.05, 0.1) is 6.42 Å². The molecule has 8 heteroatoms. The first-order chi connectivity index (χ1) is 11.4. The topological polar surface area (TPSA) is 130 Å². The number of nitrogens with one attached hydrogen (secondary N) is 3. The lowest BCUT2D eigenvalue weighted by Crippen LogP contribution is -2.63. The summed E-state index contributed by atoms with van der Waals surface area (Å²) in [7, 11) is 0. The Hall–Kier alpha value is -2.90. The molecule has 1 aliphatic rings. The number of hydrogen-bond acceptors (Lipinski definition) is 4. The fourth-order valence-electron chi connectivity index (χ4n) is 2.37. The van der Waals surface area contributed by atoms with Crippen LogP contribution in [0.25, 0.3) is 0 Å². The second-order valence-electron chi connectivity index (χ2n) is 5.71. The van der Waals surface area contributed by atoms with Crippen molar-refractivity contribution in [2.24, 2.45) is 5.73 Å². The van der Waals surface area contributed by atoms with Crippen molar-refractivity contribution in [3.05, 3.63) is 35.9 Å². The molecule has 1 fully saturated rings. The average Bonchev–Trinajstić information content (AvgIpc) is 2.53. The highest BCUT2D eigenvalue weighted by Crippen LogP contribution is 2.08. The third-order valence-corrected chi connectivity index (χ3v) is 3.74. The molecule has 0 saturated carbocycles. The molecule has 5 N–H and O–H groups in total. The Morgan fingerprint density at radius 1 is 1.12 bits per heavy atom. The summed E-state index contributed by atoms with van der Waals surface area (Å²) in [5, 5.41) is 7.53. The van der Waals surface area contributed by atoms with Gasteiger partial charge in [0.15, 0.2) is 0 Å². The van der Waals surface area contributed by atoms with Crippen molar-refractivity contribution >= 4 is 23.6 Å². The Balaban J connectivity index is 1.91. The normalized spacial score (nSPS) is 21.4. The van der Waals surface area contributed by atoms with E-state index in [1.807, 2.05) is 30.3 Å². The van der Waals surface area contributed by atoms with E-state index in [1.54, 1.807) is 0 Å². The number of carbonyl (C=O) groups is 4. The Kier molecular flexibility index (Phi) is 5.51. The second kappa shape index (κ2) is 7.58. The Labute approximate surface area is 139 Å². The SMILES string of the molecule is C[C@@H](NC(=O)C[C@@H]1NC(=O)[C@H](Cc2ccccc2)NC1=O)C(N)=O. The fraction of sp³-hybridized carbons (Fsp3) is 0.375. The first-order valence-electron chi connectivity index (χ1n) is 7.60. The summed E-state index contributed by atoms with van der Waals surface area (Å²) < 4.78 is 0. The minimum Gasteiger partial charge on any atom is -0.368 e. The fourth-order valence-corrected chi connectivity index (χ4v) is 2.37. The molecule has 1 aromatic carbocycles. The van der Waals surface area contributed by atoms with E-state index in [9.17, 15) is 19.2 Å². The zero-order chi connectivity index (χ0) is 17.7. The molecule has 0 aliphatic carbocycles. The van der Waals surface area contributed by atoms with Gasteiger partial charge in [0.2, 0.25) is 23.6 Å². The molecular formula is C16H20N4O4. The van der Waals surface area contributed by atoms with Gasteiger partial charge in [0, 0.05) is 6.42 Å². The maximum atomic E-state index is 12.1. The molecule has 128 valence electrons. The van der Waals surface area contributed by atoms with Crippen LogP contribution in [0.3, 0.4) is 0 Å². The number of primary amides is 1. The summed E-state index contributed by atoms with van der Waals surface area (Å²) in [4.78, 5) is 47.0. The molecule has 1 aliphatic heterocycles. The van der Waals surface area contributed by atoms with Crippen molar-refractivity contribution in [3.63, 3.8) is 0 Å². The van der Waals surface area contributed by atoms with Crippen LogP contribution in [-0.2, 0) is 25.6 Å². The molecule has 2 rings (SSSR count). The molecule has 0 spiro atoms. The van der Waals surface area contributed by atoms with E-state index in [1.165, 1.54) is 6.92 Å². The standard InChI is InChI=1S/C16H20N4O4/c1-9(14(17)22)18-13(21)8-12-16(24)19-11(15(23)20-12)7-10-5-3-2-4-6-10/h2-6,9,11-12H,7-8H2,1H3,(H2,17,22)(H,18,21)(H,19,24)(H,20,23)/t9-,11+,12+/m1/s1. The highest BCUT2D eigenvalue weighted by molar-refractivity contribution is 5.99. The van der Waals surface area contributed by atoms with Crippen LogP contribution in [0.15, 0.2) is 30.3 Å². The van der Waals surface area contributed by atoms with Gasteiger partial charge in [-0.15, -0.1) is 0 Å². The summed E-state index contributed by atoms with van der Waals surface area (Å²) in [6.07, 6.45) is 0.114. The van der Waals surface area contributed by atoms with Gasteiger partial charge in [0.1, 0.15) is 18.1 Å². The molecule has 0 bridgehead atoms. The Morgan fingerprint density at radius 2 is 1.71 bits per heavy atom. The molecule has 24 heavy (non-hydrogen) atoms. The zero-order valence-corrected chi connectivity index (χ0v) is 13.2. The van der Waals surface area contributed by atoms with Gasteiger partial charge >= 0.3 is 0 Å². The smallest absolute Gasteiger partial charge is 0.243 e. The summed E-state index contributed by atoms with van der Waals surface area (Å²) in [5.41, 5.74) is 5.98. The molecule has 1 aromatic rings. The minimum atomic E-state index is -0.968. The van der Waals surface area contributed by atoms with Gasteiger partial charge in [-0.1, -0.05) is 30.3 Å². The molecule has 8 nitrogen and oxygen atoms in total. The highest BCUT2D eigenvalue weighted by atomic mass is 16.2. The molecule has 1 heterocycles. The Morgan fingerprint density at radius 3 is 2.33 bits per heavy atom. The number of hydrogen-bond donors (Lipinski definition) is 4. The number of nitrogens with two attached hydrogens (primary N) is 1. The largest absolute Gasteiger partial charge is 0.368 e. The van der Waals surface area contributed by atoms with Crippen LogP contribution in [0.4, 0.5) is 0 Å². The lowest BCUT2D eigenvalue weighted by Gasteiger charge is -2.29. The molecule has 0 radical (unpaired) electrons. The van der Waals surface area contributed by atoms with E-state index < -0.39 is 35.8 Å². The van der Waals surface area contributed by atoms with E-state index >= 15 is 0 Å². The van der Waals surface area contributed by atoms with Crippen molar-refractivity contribution in [2.75, 3.05) is 0 Å². The van der Waals surface area contributed by atoms with Gasteiger partial charge in [-0.25, -0.2) is 0 Å². The summed E-state index contributed by atoms with van der Waals surface area (Å²) >= 11 is 0. The van der Waals surface area contributed by atoms with E-state index in [4.69, 9.17) is 5.73 Å². The van der Waals surface area contributed by atoms with Crippen LogP contribution >= 0.6 is 0 Å². The highest BCUT2D eigenvalue weighted by Gasteiger charge is 2.35. The zero-order valence-electron chi connectivity index (χ0n) is 13.2. The number of piperazine rings is 1. The van der Waals surface area contributed by atoms with E-state index in [0.29, 0.717) is 6.42 Å². The summed E-state index contributed by atoms with van der Waals surface area (Å²) in [6.45, 7) is 1.44.